The number of Topliss-reactive ketones (excluding diaryl/α,β-unsaturated/α-hetero) is 1. The van der Waals surface area contributed by atoms with Crippen molar-refractivity contribution in [3.05, 3.63) is 338 Å². The second kappa shape index (κ2) is 31.3. The SMILES string of the molecule is Cc1ccc2c(c1)c(C(=O)C(F)(F)F)c1n2C[C@@](NC(=O)c2ccc(-n3cnnc3)cc2Cl)(c2ccccc2)CC1.Cc1ccc2c(c1)c(C(O)C(F)(F)F)c1n2C[C@@](NC(=O)c2ccc(-n3cnnc3)cc2Cl)(c2ccccc2)CC1.Cc1ccc2c(c1)cc1n2C[C@@](NC(=O)c2ccc(-n3cnnc3)cc2Cl)(c2ccccc2)CC1. The summed E-state index contributed by atoms with van der Waals surface area (Å²) in [4.78, 5) is 53.8. The zero-order valence-electron chi connectivity index (χ0n) is 62.9. The molecule has 0 bridgehead atoms. The lowest BCUT2D eigenvalue weighted by molar-refractivity contribution is -0.206. The van der Waals surface area contributed by atoms with Gasteiger partial charge in [-0.3, -0.25) is 32.9 Å². The first-order chi connectivity index (χ1) is 56.2. The standard InChI is InChI=1S/C30H25ClF3N5O2.C30H23ClF3N5O2.C28H24ClN5O/c2*1-18-7-10-24-22(13-18)26(27(40)30(32,33)34)25-11-12-29(15-39(24)25,19-5-3-2-4-6-19)37-28(41)21-9-8-20(14-23(21)31)38-16-35-36-17-38;1-19-7-10-26-20(13-19)14-23-11-12-28(16-34(23)26,21-5-3-2-4-6-21)32-27(35)24-9-8-22(15-25(24)29)33-17-30-31-18-33/h2-10,13-14,16-17,27,40H,11-12,15H2,1H3,(H,37,41);2-10,13-14,16-17H,11-12,15H2,1H3,(H,37,41);2-10,13-15,17-18H,11-12,16H2,1H3,(H,32,35)/t27?,29-;29-;28-/m111/s1. The van der Waals surface area contributed by atoms with Crippen LogP contribution in [0.4, 0.5) is 26.3 Å². The lowest BCUT2D eigenvalue weighted by atomic mass is 9.81. The summed E-state index contributed by atoms with van der Waals surface area (Å²) < 4.78 is 93.5. The highest BCUT2D eigenvalue weighted by Gasteiger charge is 2.49. The number of rotatable bonds is 14. The van der Waals surface area contributed by atoms with Crippen LogP contribution in [0.1, 0.15) is 123 Å². The van der Waals surface area contributed by atoms with Gasteiger partial charge in [0.1, 0.15) is 38.0 Å². The summed E-state index contributed by atoms with van der Waals surface area (Å²) in [7, 11) is 0. The molecule has 592 valence electrons. The normalized spacial score (nSPS) is 17.3. The lowest BCUT2D eigenvalue weighted by Gasteiger charge is -2.40. The smallest absolute Gasteiger partial charge is 0.379 e. The number of aliphatic hydroxyl groups excluding tert-OH is 1. The summed E-state index contributed by atoms with van der Waals surface area (Å²) in [5, 5.41) is 45.6. The Balaban J connectivity index is 0.000000132. The van der Waals surface area contributed by atoms with Gasteiger partial charge in [0.05, 0.1) is 73.6 Å². The van der Waals surface area contributed by atoms with Crippen LogP contribution in [0.5, 0.6) is 0 Å². The molecule has 0 fully saturated rings. The molecule has 9 heterocycles. The third-order valence-electron chi connectivity index (χ3n) is 22.4. The summed E-state index contributed by atoms with van der Waals surface area (Å²) in [5.74, 6) is -2.90. The Bertz CT molecular complexity index is 6300. The van der Waals surface area contributed by atoms with Gasteiger partial charge in [-0.2, -0.15) is 26.3 Å². The van der Waals surface area contributed by atoms with Crippen LogP contribution in [0.25, 0.3) is 49.8 Å². The Morgan fingerprint density at radius 1 is 0.419 bits per heavy atom. The number of amides is 3. The monoisotopic (exact) mass is 1640 g/mol. The first kappa shape index (κ1) is 78.4. The van der Waals surface area contributed by atoms with Crippen LogP contribution in [-0.4, -0.2) is 99.0 Å². The van der Waals surface area contributed by atoms with E-state index >= 15 is 0 Å². The van der Waals surface area contributed by atoms with E-state index in [2.05, 4.69) is 94.4 Å². The number of aryl methyl sites for hydroxylation is 4. The van der Waals surface area contributed by atoms with Gasteiger partial charge in [0, 0.05) is 72.4 Å². The van der Waals surface area contributed by atoms with Crippen molar-refractivity contribution in [3.63, 3.8) is 0 Å². The molecule has 3 amide bonds. The molecular formula is C88H72Cl3F6N15O5. The lowest BCUT2D eigenvalue weighted by Crippen LogP contribution is -2.51. The zero-order valence-corrected chi connectivity index (χ0v) is 65.2. The number of ketones is 1. The fourth-order valence-electron chi connectivity index (χ4n) is 16.6. The van der Waals surface area contributed by atoms with Gasteiger partial charge < -0.3 is 34.8 Å². The minimum Gasteiger partial charge on any atom is -0.379 e. The van der Waals surface area contributed by atoms with Crippen LogP contribution in [0.2, 0.25) is 15.1 Å². The van der Waals surface area contributed by atoms with Crippen LogP contribution in [0.15, 0.2) is 244 Å². The Hall–Kier alpha value is -12.5. The first-order valence-corrected chi connectivity index (χ1v) is 38.6. The minimum atomic E-state index is -5.02. The molecule has 4 atom stereocenters. The third kappa shape index (κ3) is 15.2. The number of fused-ring (bicyclic) bond motifs is 9. The Kier molecular flexibility index (Phi) is 21.0. The van der Waals surface area contributed by atoms with Gasteiger partial charge in [-0.1, -0.05) is 161 Å². The van der Waals surface area contributed by atoms with Crippen molar-refractivity contribution in [1.82, 2.24) is 73.9 Å². The molecular weight excluding hydrogens is 1570 g/mol. The van der Waals surface area contributed by atoms with Crippen molar-refractivity contribution in [2.75, 3.05) is 0 Å². The van der Waals surface area contributed by atoms with Gasteiger partial charge in [-0.25, -0.2) is 0 Å². The Morgan fingerprint density at radius 2 is 0.778 bits per heavy atom. The summed E-state index contributed by atoms with van der Waals surface area (Å²) in [5.41, 5.74) is 9.85. The topological polar surface area (TPSA) is 232 Å². The first-order valence-electron chi connectivity index (χ1n) is 37.4. The van der Waals surface area contributed by atoms with Crippen LogP contribution < -0.4 is 16.0 Å². The number of benzene rings is 9. The maximum Gasteiger partial charge on any atom is 0.454 e. The Labute approximate surface area is 680 Å². The van der Waals surface area contributed by atoms with E-state index in [4.69, 9.17) is 34.8 Å². The highest BCUT2D eigenvalue weighted by atomic mass is 35.5. The third-order valence-corrected chi connectivity index (χ3v) is 23.3. The number of alkyl halides is 6. The van der Waals surface area contributed by atoms with Crippen LogP contribution >= 0.6 is 34.8 Å². The van der Waals surface area contributed by atoms with E-state index in [0.717, 1.165) is 46.3 Å². The van der Waals surface area contributed by atoms with E-state index in [9.17, 15) is 50.6 Å². The highest BCUT2D eigenvalue weighted by Crippen LogP contribution is 2.47. The van der Waals surface area contributed by atoms with E-state index in [0.29, 0.717) is 62.7 Å². The van der Waals surface area contributed by atoms with Gasteiger partial charge >= 0.3 is 12.4 Å². The fourth-order valence-corrected chi connectivity index (χ4v) is 17.4. The van der Waals surface area contributed by atoms with Gasteiger partial charge in [0.15, 0.2) is 6.10 Å². The molecule has 0 spiro atoms. The largest absolute Gasteiger partial charge is 0.454 e. The molecule has 117 heavy (non-hydrogen) atoms. The molecule has 15 aromatic rings. The second-order valence-corrected chi connectivity index (χ2v) is 31.0. The number of aliphatic hydroxyl groups is 1. The number of halogens is 9. The number of hydrogen-bond donors (Lipinski definition) is 4. The summed E-state index contributed by atoms with van der Waals surface area (Å²) >= 11 is 19.7. The predicted octanol–water partition coefficient (Wildman–Crippen LogP) is 17.7. The molecule has 20 nitrogen and oxygen atoms in total. The number of aromatic nitrogens is 12. The van der Waals surface area contributed by atoms with Crippen molar-refractivity contribution >= 4 is 91.0 Å². The molecule has 0 aliphatic carbocycles. The summed E-state index contributed by atoms with van der Waals surface area (Å²) in [6.45, 7) is 6.62. The second-order valence-electron chi connectivity index (χ2n) is 29.8. The summed E-state index contributed by atoms with van der Waals surface area (Å²) in [6.07, 6.45) is -0.630. The molecule has 3 aliphatic rings. The highest BCUT2D eigenvalue weighted by molar-refractivity contribution is 6.35. The minimum absolute atomic E-state index is 0.124. The number of nitrogens with zero attached hydrogens (tertiary/aromatic N) is 12. The van der Waals surface area contributed by atoms with Crippen molar-refractivity contribution < 1.29 is 50.6 Å². The molecule has 6 aromatic heterocycles. The van der Waals surface area contributed by atoms with Crippen LogP contribution in [0.3, 0.4) is 0 Å². The van der Waals surface area contributed by atoms with Crippen LogP contribution in [-0.2, 0) is 55.5 Å². The zero-order chi connectivity index (χ0) is 81.9. The molecule has 3 aliphatic heterocycles. The van der Waals surface area contributed by atoms with Crippen LogP contribution in [0, 0.1) is 20.8 Å². The molecule has 29 heteroatoms. The van der Waals surface area contributed by atoms with Crippen molar-refractivity contribution in [1.29, 1.82) is 0 Å². The maximum atomic E-state index is 13.8. The van der Waals surface area contributed by atoms with Gasteiger partial charge in [-0.15, -0.1) is 30.6 Å². The van der Waals surface area contributed by atoms with Gasteiger partial charge in [0.25, 0.3) is 23.5 Å². The number of carbonyl (C=O) groups excluding carboxylic acids is 4. The van der Waals surface area contributed by atoms with Gasteiger partial charge in [-0.05, 0) is 173 Å². The fraction of sp³-hybridized carbons (Fsp3) is 0.205. The number of nitrogens with one attached hydrogen (secondary N) is 3. The molecule has 4 N–H and O–H groups in total. The quantitative estimate of drug-likeness (QED) is 0.0591. The van der Waals surface area contributed by atoms with Crippen molar-refractivity contribution in [2.45, 2.75) is 114 Å². The van der Waals surface area contributed by atoms with E-state index in [-0.39, 0.29) is 75.9 Å². The molecule has 18 rings (SSSR count). The van der Waals surface area contributed by atoms with E-state index in [1.807, 2.05) is 91.0 Å². The van der Waals surface area contributed by atoms with E-state index < -0.39 is 52.7 Å². The summed E-state index contributed by atoms with van der Waals surface area (Å²) in [6, 6.07) is 63.4. The molecule has 0 radical (unpaired) electrons. The van der Waals surface area contributed by atoms with Crippen molar-refractivity contribution in [2.24, 2.45) is 0 Å². The number of hydrogen-bond acceptors (Lipinski definition) is 11. The van der Waals surface area contributed by atoms with E-state index in [1.165, 1.54) is 47.5 Å². The van der Waals surface area contributed by atoms with Gasteiger partial charge in [0.2, 0.25) is 0 Å². The van der Waals surface area contributed by atoms with E-state index in [1.54, 1.807) is 128 Å². The Morgan fingerprint density at radius 3 is 1.18 bits per heavy atom. The molecule has 0 saturated carbocycles. The molecule has 1 unspecified atom stereocenters. The average Bonchev–Trinajstić information content (AvgIpc) is 1.49. The number of carbonyl (C=O) groups is 4. The average molecular weight is 1640 g/mol. The predicted molar refractivity (Wildman–Crippen MR) is 432 cm³/mol. The molecule has 9 aromatic carbocycles. The molecule has 0 saturated heterocycles. The maximum absolute atomic E-state index is 13.8. The van der Waals surface area contributed by atoms with Crippen molar-refractivity contribution in [3.8, 4) is 17.1 Å².